The first-order valence-corrected chi connectivity index (χ1v) is 10.4. The first-order chi connectivity index (χ1) is 13.3. The van der Waals surface area contributed by atoms with Crippen molar-refractivity contribution in [1.82, 2.24) is 20.0 Å². The van der Waals surface area contributed by atoms with Gasteiger partial charge in [0.15, 0.2) is 0 Å². The molecule has 5 nitrogen and oxygen atoms in total. The molecular formula is C22H30N4O. The van der Waals surface area contributed by atoms with E-state index >= 15 is 0 Å². The summed E-state index contributed by atoms with van der Waals surface area (Å²) in [5.41, 5.74) is 3.42. The Hall–Kier alpha value is -2.14. The monoisotopic (exact) mass is 366 g/mol. The summed E-state index contributed by atoms with van der Waals surface area (Å²) in [7, 11) is 0. The lowest BCUT2D eigenvalue weighted by Crippen LogP contribution is -2.44. The Labute approximate surface area is 161 Å². The number of hydrogen-bond acceptors (Lipinski definition) is 3. The number of rotatable bonds is 5. The lowest BCUT2D eigenvalue weighted by Gasteiger charge is -2.35. The number of nitrogens with one attached hydrogen (secondary N) is 1. The number of piperidine rings is 1. The molecule has 0 saturated carbocycles. The van der Waals surface area contributed by atoms with Crippen LogP contribution in [0.1, 0.15) is 60.3 Å². The van der Waals surface area contributed by atoms with Crippen molar-refractivity contribution in [3.8, 4) is 0 Å². The van der Waals surface area contributed by atoms with Crippen LogP contribution in [0.15, 0.2) is 36.5 Å². The van der Waals surface area contributed by atoms with E-state index in [1.54, 1.807) is 0 Å². The Morgan fingerprint density at radius 3 is 2.89 bits per heavy atom. The first-order valence-electron chi connectivity index (χ1n) is 10.4. The minimum absolute atomic E-state index is 0.0868. The Bertz CT molecular complexity index is 778. The molecule has 0 radical (unpaired) electrons. The molecule has 4 rings (SSSR count). The van der Waals surface area contributed by atoms with E-state index in [1.165, 1.54) is 11.1 Å². The maximum absolute atomic E-state index is 13.3. The average Bonchev–Trinajstić information content (AvgIpc) is 3.22. The summed E-state index contributed by atoms with van der Waals surface area (Å²) in [5.74, 6) is 0.0868. The van der Waals surface area contributed by atoms with Gasteiger partial charge in [-0.2, -0.15) is 5.10 Å². The molecule has 1 N–H and O–H groups in total. The van der Waals surface area contributed by atoms with Crippen LogP contribution >= 0.6 is 0 Å². The molecular weight excluding hydrogens is 336 g/mol. The maximum Gasteiger partial charge on any atom is 0.274 e. The summed E-state index contributed by atoms with van der Waals surface area (Å²) in [6, 6.07) is 11.2. The van der Waals surface area contributed by atoms with Crippen molar-refractivity contribution >= 4 is 5.91 Å². The van der Waals surface area contributed by atoms with Gasteiger partial charge in [-0.1, -0.05) is 31.2 Å². The van der Waals surface area contributed by atoms with Crippen molar-refractivity contribution in [2.24, 2.45) is 0 Å². The van der Waals surface area contributed by atoms with Gasteiger partial charge in [-0.05, 0) is 62.3 Å². The van der Waals surface area contributed by atoms with Gasteiger partial charge in [-0.3, -0.25) is 9.48 Å². The molecule has 1 aliphatic heterocycles. The summed E-state index contributed by atoms with van der Waals surface area (Å²) in [6.07, 6.45) is 8.28. The molecule has 1 aromatic carbocycles. The molecule has 0 bridgehead atoms. The predicted molar refractivity (Wildman–Crippen MR) is 107 cm³/mol. The number of amides is 1. The molecule has 27 heavy (non-hydrogen) atoms. The molecule has 144 valence electrons. The summed E-state index contributed by atoms with van der Waals surface area (Å²) in [6.45, 7) is 4.96. The van der Waals surface area contributed by atoms with E-state index in [9.17, 15) is 4.79 Å². The number of hydrogen-bond donors (Lipinski definition) is 1. The maximum atomic E-state index is 13.3. The summed E-state index contributed by atoms with van der Waals surface area (Å²) in [4.78, 5) is 15.3. The summed E-state index contributed by atoms with van der Waals surface area (Å²) >= 11 is 0. The molecule has 1 aliphatic carbocycles. The van der Waals surface area contributed by atoms with Crippen molar-refractivity contribution in [2.75, 3.05) is 19.6 Å². The number of aromatic nitrogens is 2. The van der Waals surface area contributed by atoms with Crippen LogP contribution < -0.4 is 5.32 Å². The second-order valence-corrected chi connectivity index (χ2v) is 7.85. The third kappa shape index (κ3) is 3.93. The topological polar surface area (TPSA) is 50.2 Å². The van der Waals surface area contributed by atoms with Gasteiger partial charge in [0, 0.05) is 25.3 Å². The van der Waals surface area contributed by atoms with Crippen LogP contribution in [-0.2, 0) is 12.8 Å². The molecule has 2 aliphatic rings. The lowest BCUT2D eigenvalue weighted by molar-refractivity contribution is 0.0654. The SMILES string of the molecule is CCCN(C(=O)c1ccn(C2CCCNC2)n1)C1CCc2ccccc2C1. The van der Waals surface area contributed by atoms with Crippen molar-refractivity contribution in [3.63, 3.8) is 0 Å². The van der Waals surface area contributed by atoms with E-state index in [0.29, 0.717) is 11.7 Å². The van der Waals surface area contributed by atoms with Gasteiger partial charge in [0.05, 0.1) is 6.04 Å². The number of nitrogens with zero attached hydrogens (tertiary/aromatic N) is 3. The lowest BCUT2D eigenvalue weighted by atomic mass is 9.87. The summed E-state index contributed by atoms with van der Waals surface area (Å²) < 4.78 is 1.99. The second-order valence-electron chi connectivity index (χ2n) is 7.85. The molecule has 1 aromatic heterocycles. The highest BCUT2D eigenvalue weighted by atomic mass is 16.2. The standard InChI is InChI=1S/C22H30N4O/c1-2-13-25(19-10-9-17-6-3-4-7-18(17)15-19)22(27)21-11-14-26(24-21)20-8-5-12-23-16-20/h3-4,6-7,11,14,19-20,23H,2,5,8-10,12-13,15-16H2,1H3. The van der Waals surface area contributed by atoms with Gasteiger partial charge in [-0.15, -0.1) is 0 Å². The van der Waals surface area contributed by atoms with Crippen LogP contribution in [-0.4, -0.2) is 46.3 Å². The van der Waals surface area contributed by atoms with Crippen molar-refractivity contribution in [2.45, 2.75) is 57.5 Å². The van der Waals surface area contributed by atoms with Crippen LogP contribution in [0.4, 0.5) is 0 Å². The van der Waals surface area contributed by atoms with Gasteiger partial charge in [0.25, 0.3) is 5.91 Å². The molecule has 2 aromatic rings. The fraction of sp³-hybridized carbons (Fsp3) is 0.545. The smallest absolute Gasteiger partial charge is 0.274 e. The molecule has 1 fully saturated rings. The van der Waals surface area contributed by atoms with Crippen LogP contribution in [0.3, 0.4) is 0 Å². The predicted octanol–water partition coefficient (Wildman–Crippen LogP) is 3.22. The van der Waals surface area contributed by atoms with Crippen LogP contribution in [0.5, 0.6) is 0 Å². The summed E-state index contributed by atoms with van der Waals surface area (Å²) in [5, 5.41) is 8.08. The molecule has 5 heteroatoms. The van der Waals surface area contributed by atoms with E-state index in [-0.39, 0.29) is 11.9 Å². The zero-order chi connectivity index (χ0) is 18.6. The minimum atomic E-state index is 0.0868. The van der Waals surface area contributed by atoms with Gasteiger partial charge < -0.3 is 10.2 Å². The molecule has 1 amide bonds. The zero-order valence-electron chi connectivity index (χ0n) is 16.2. The number of carbonyl (C=O) groups is 1. The van der Waals surface area contributed by atoms with E-state index in [4.69, 9.17) is 0 Å². The normalized spacial score (nSPS) is 22.3. The van der Waals surface area contributed by atoms with E-state index in [1.807, 2.05) is 16.9 Å². The third-order valence-electron chi connectivity index (χ3n) is 5.96. The first kappa shape index (κ1) is 18.2. The highest BCUT2D eigenvalue weighted by molar-refractivity contribution is 5.92. The molecule has 2 heterocycles. The van der Waals surface area contributed by atoms with Crippen LogP contribution in [0.2, 0.25) is 0 Å². The number of fused-ring (bicyclic) bond motifs is 1. The van der Waals surface area contributed by atoms with Crippen LogP contribution in [0.25, 0.3) is 0 Å². The third-order valence-corrected chi connectivity index (χ3v) is 5.96. The Kier molecular flexibility index (Phi) is 5.58. The minimum Gasteiger partial charge on any atom is -0.334 e. The Morgan fingerprint density at radius 2 is 2.11 bits per heavy atom. The fourth-order valence-corrected chi connectivity index (χ4v) is 4.50. The van der Waals surface area contributed by atoms with Gasteiger partial charge in [0.1, 0.15) is 5.69 Å². The van der Waals surface area contributed by atoms with Crippen LogP contribution in [0, 0.1) is 0 Å². The van der Waals surface area contributed by atoms with Gasteiger partial charge in [0.2, 0.25) is 0 Å². The Balaban J connectivity index is 1.50. The van der Waals surface area contributed by atoms with Gasteiger partial charge >= 0.3 is 0 Å². The fourth-order valence-electron chi connectivity index (χ4n) is 4.50. The van der Waals surface area contributed by atoms with Crippen molar-refractivity contribution in [1.29, 1.82) is 0 Å². The molecule has 2 atom stereocenters. The Morgan fingerprint density at radius 1 is 1.26 bits per heavy atom. The van der Waals surface area contributed by atoms with Crippen molar-refractivity contribution in [3.05, 3.63) is 53.3 Å². The average molecular weight is 367 g/mol. The molecule has 0 spiro atoms. The zero-order valence-corrected chi connectivity index (χ0v) is 16.2. The number of benzene rings is 1. The largest absolute Gasteiger partial charge is 0.334 e. The van der Waals surface area contributed by atoms with Crippen molar-refractivity contribution < 1.29 is 4.79 Å². The number of carbonyl (C=O) groups excluding carboxylic acids is 1. The van der Waals surface area contributed by atoms with E-state index in [2.05, 4.69) is 46.5 Å². The van der Waals surface area contributed by atoms with E-state index < -0.39 is 0 Å². The second kappa shape index (κ2) is 8.26. The quantitative estimate of drug-likeness (QED) is 0.884. The number of aryl methyl sites for hydroxylation is 1. The van der Waals surface area contributed by atoms with Gasteiger partial charge in [-0.25, -0.2) is 0 Å². The highest BCUT2D eigenvalue weighted by Gasteiger charge is 2.29. The molecule has 2 unspecified atom stereocenters. The van der Waals surface area contributed by atoms with E-state index in [0.717, 1.165) is 58.2 Å². The molecule has 1 saturated heterocycles. The highest BCUT2D eigenvalue weighted by Crippen LogP contribution is 2.26.